The summed E-state index contributed by atoms with van der Waals surface area (Å²) in [5.41, 5.74) is 1.21. The topological polar surface area (TPSA) is 34.2 Å². The van der Waals surface area contributed by atoms with E-state index < -0.39 is 0 Å². The van der Waals surface area contributed by atoms with Gasteiger partial charge in [0.05, 0.1) is 21.3 Å². The molecule has 5 nitrogen and oxygen atoms in total. The second-order valence-electron chi connectivity index (χ2n) is 6.49. The SMILES string of the molecule is COc1cc(CN2CCN3CCCC3C2C)cc(OC)c1OC. The lowest BCUT2D eigenvalue weighted by Gasteiger charge is -2.43. The molecule has 2 aliphatic heterocycles. The molecule has 0 spiro atoms. The quantitative estimate of drug-likeness (QED) is 0.832. The summed E-state index contributed by atoms with van der Waals surface area (Å²) in [6.07, 6.45) is 2.67. The first-order valence-corrected chi connectivity index (χ1v) is 8.45. The van der Waals surface area contributed by atoms with E-state index in [1.165, 1.54) is 31.5 Å². The molecule has 3 rings (SSSR count). The second kappa shape index (κ2) is 6.97. The third kappa shape index (κ3) is 3.12. The van der Waals surface area contributed by atoms with Crippen LogP contribution in [0.4, 0.5) is 0 Å². The first-order chi connectivity index (χ1) is 11.2. The number of ether oxygens (including phenoxy) is 3. The van der Waals surface area contributed by atoms with E-state index in [0.717, 1.165) is 24.6 Å². The minimum atomic E-state index is 0.588. The van der Waals surface area contributed by atoms with Crippen LogP contribution in [0, 0.1) is 0 Å². The van der Waals surface area contributed by atoms with Gasteiger partial charge in [-0.3, -0.25) is 9.80 Å². The Morgan fingerprint density at radius 3 is 2.30 bits per heavy atom. The molecule has 2 fully saturated rings. The highest BCUT2D eigenvalue weighted by molar-refractivity contribution is 5.53. The fourth-order valence-electron chi connectivity index (χ4n) is 4.06. The summed E-state index contributed by atoms with van der Waals surface area (Å²) in [5, 5.41) is 0. The molecule has 1 aromatic rings. The molecular formula is C18H28N2O3. The number of piperazine rings is 1. The summed E-state index contributed by atoms with van der Waals surface area (Å²) in [6.45, 7) is 6.85. The van der Waals surface area contributed by atoms with Crippen LogP contribution in [0.1, 0.15) is 25.3 Å². The molecule has 2 saturated heterocycles. The van der Waals surface area contributed by atoms with E-state index in [-0.39, 0.29) is 0 Å². The number of nitrogens with zero attached hydrogens (tertiary/aromatic N) is 2. The molecule has 128 valence electrons. The number of rotatable bonds is 5. The monoisotopic (exact) mass is 320 g/mol. The maximum atomic E-state index is 5.47. The van der Waals surface area contributed by atoms with E-state index in [2.05, 4.69) is 28.9 Å². The lowest BCUT2D eigenvalue weighted by molar-refractivity contribution is 0.0469. The molecule has 0 amide bonds. The fourth-order valence-corrected chi connectivity index (χ4v) is 4.06. The van der Waals surface area contributed by atoms with Crippen molar-refractivity contribution in [1.29, 1.82) is 0 Å². The molecule has 1 aromatic carbocycles. The third-order valence-electron chi connectivity index (χ3n) is 5.33. The minimum Gasteiger partial charge on any atom is -0.493 e. The van der Waals surface area contributed by atoms with Crippen LogP contribution in [0.3, 0.4) is 0 Å². The van der Waals surface area contributed by atoms with Crippen molar-refractivity contribution in [2.24, 2.45) is 0 Å². The molecule has 2 heterocycles. The third-order valence-corrected chi connectivity index (χ3v) is 5.33. The molecule has 0 N–H and O–H groups in total. The number of hydrogen-bond acceptors (Lipinski definition) is 5. The molecule has 2 unspecified atom stereocenters. The molecule has 0 aliphatic carbocycles. The summed E-state index contributed by atoms with van der Waals surface area (Å²) >= 11 is 0. The van der Waals surface area contributed by atoms with Crippen LogP contribution in [0.25, 0.3) is 0 Å². The van der Waals surface area contributed by atoms with E-state index in [1.54, 1.807) is 21.3 Å². The van der Waals surface area contributed by atoms with Gasteiger partial charge in [-0.2, -0.15) is 0 Å². The molecule has 2 atom stereocenters. The van der Waals surface area contributed by atoms with Gasteiger partial charge in [0.15, 0.2) is 11.5 Å². The number of methoxy groups -OCH3 is 3. The van der Waals surface area contributed by atoms with Gasteiger partial charge in [-0.15, -0.1) is 0 Å². The summed E-state index contributed by atoms with van der Waals surface area (Å²) < 4.78 is 16.4. The predicted molar refractivity (Wildman–Crippen MR) is 90.6 cm³/mol. The van der Waals surface area contributed by atoms with Crippen molar-refractivity contribution in [2.45, 2.75) is 38.4 Å². The van der Waals surface area contributed by atoms with Crippen molar-refractivity contribution in [3.63, 3.8) is 0 Å². The number of fused-ring (bicyclic) bond motifs is 1. The Morgan fingerprint density at radius 2 is 1.70 bits per heavy atom. The van der Waals surface area contributed by atoms with Gasteiger partial charge in [0.2, 0.25) is 5.75 Å². The predicted octanol–water partition coefficient (Wildman–Crippen LogP) is 2.38. The van der Waals surface area contributed by atoms with E-state index in [9.17, 15) is 0 Å². The van der Waals surface area contributed by atoms with Crippen molar-refractivity contribution >= 4 is 0 Å². The van der Waals surface area contributed by atoms with Crippen LogP contribution in [-0.4, -0.2) is 62.8 Å². The van der Waals surface area contributed by atoms with Crippen molar-refractivity contribution in [1.82, 2.24) is 9.80 Å². The van der Waals surface area contributed by atoms with Crippen molar-refractivity contribution in [2.75, 3.05) is 41.0 Å². The normalized spacial score (nSPS) is 25.2. The molecule has 0 radical (unpaired) electrons. The smallest absolute Gasteiger partial charge is 0.203 e. The lowest BCUT2D eigenvalue weighted by atomic mass is 10.0. The summed E-state index contributed by atoms with van der Waals surface area (Å²) in [6, 6.07) is 5.43. The van der Waals surface area contributed by atoms with Gasteiger partial charge in [-0.25, -0.2) is 0 Å². The molecule has 0 bridgehead atoms. The largest absolute Gasteiger partial charge is 0.493 e. The Kier molecular flexibility index (Phi) is 4.97. The van der Waals surface area contributed by atoms with Crippen molar-refractivity contribution in [3.8, 4) is 17.2 Å². The molecule has 2 aliphatic rings. The fraction of sp³-hybridized carbons (Fsp3) is 0.667. The second-order valence-corrected chi connectivity index (χ2v) is 6.49. The highest BCUT2D eigenvalue weighted by Crippen LogP contribution is 2.39. The van der Waals surface area contributed by atoms with Crippen molar-refractivity contribution < 1.29 is 14.2 Å². The van der Waals surface area contributed by atoms with E-state index in [4.69, 9.17) is 14.2 Å². The van der Waals surface area contributed by atoms with Gasteiger partial charge in [0.25, 0.3) is 0 Å². The van der Waals surface area contributed by atoms with Gasteiger partial charge in [-0.1, -0.05) is 0 Å². The number of hydrogen-bond donors (Lipinski definition) is 0. The van der Waals surface area contributed by atoms with E-state index in [1.807, 2.05) is 0 Å². The zero-order valence-electron chi connectivity index (χ0n) is 14.7. The highest BCUT2D eigenvalue weighted by atomic mass is 16.5. The average molecular weight is 320 g/mol. The van der Waals surface area contributed by atoms with Crippen LogP contribution in [-0.2, 0) is 6.54 Å². The van der Waals surface area contributed by atoms with Gasteiger partial charge < -0.3 is 14.2 Å². The maximum Gasteiger partial charge on any atom is 0.203 e. The molecule has 0 saturated carbocycles. The Morgan fingerprint density at radius 1 is 1.00 bits per heavy atom. The van der Waals surface area contributed by atoms with Gasteiger partial charge >= 0.3 is 0 Å². The number of benzene rings is 1. The Labute approximate surface area is 139 Å². The van der Waals surface area contributed by atoms with Crippen LogP contribution >= 0.6 is 0 Å². The first kappa shape index (κ1) is 16.4. The summed E-state index contributed by atoms with van der Waals surface area (Å²) in [5.74, 6) is 2.12. The molecule has 0 aromatic heterocycles. The first-order valence-electron chi connectivity index (χ1n) is 8.45. The standard InChI is InChI=1S/C18H28N2O3/c1-13-15-6-5-7-19(15)8-9-20(13)12-14-10-16(21-2)18(23-4)17(11-14)22-3/h10-11,13,15H,5-9,12H2,1-4H3. The van der Waals surface area contributed by atoms with E-state index in [0.29, 0.717) is 17.8 Å². The van der Waals surface area contributed by atoms with Crippen molar-refractivity contribution in [3.05, 3.63) is 17.7 Å². The Bertz CT molecular complexity index is 524. The van der Waals surface area contributed by atoms with Crippen LogP contribution < -0.4 is 14.2 Å². The molecular weight excluding hydrogens is 292 g/mol. The van der Waals surface area contributed by atoms with Gasteiger partial charge in [-0.05, 0) is 44.0 Å². The van der Waals surface area contributed by atoms with Gasteiger partial charge in [0, 0.05) is 31.7 Å². The highest BCUT2D eigenvalue weighted by Gasteiger charge is 2.36. The maximum absolute atomic E-state index is 5.47. The summed E-state index contributed by atoms with van der Waals surface area (Å²) in [7, 11) is 4.98. The Hall–Kier alpha value is -1.46. The average Bonchev–Trinajstić information content (AvgIpc) is 3.05. The van der Waals surface area contributed by atoms with E-state index >= 15 is 0 Å². The zero-order chi connectivity index (χ0) is 16.4. The lowest BCUT2D eigenvalue weighted by Crippen LogP contribution is -2.55. The molecule has 5 heteroatoms. The van der Waals surface area contributed by atoms with Crippen LogP contribution in [0.5, 0.6) is 17.2 Å². The molecule has 23 heavy (non-hydrogen) atoms. The van der Waals surface area contributed by atoms with Crippen LogP contribution in [0.2, 0.25) is 0 Å². The minimum absolute atomic E-state index is 0.588. The summed E-state index contributed by atoms with van der Waals surface area (Å²) in [4.78, 5) is 5.23. The zero-order valence-corrected chi connectivity index (χ0v) is 14.7. The van der Waals surface area contributed by atoms with Crippen LogP contribution in [0.15, 0.2) is 12.1 Å². The van der Waals surface area contributed by atoms with Gasteiger partial charge in [0.1, 0.15) is 0 Å². The Balaban J connectivity index is 1.79.